The van der Waals surface area contributed by atoms with Gasteiger partial charge in [0.1, 0.15) is 12.2 Å². The summed E-state index contributed by atoms with van der Waals surface area (Å²) in [5.74, 6) is -0.221. The minimum Gasteiger partial charge on any atom is -0.462 e. The molecule has 2 atom stereocenters. The smallest absolute Gasteiger partial charge is 0.306 e. The van der Waals surface area contributed by atoms with Crippen LogP contribution in [0.15, 0.2) is 0 Å². The van der Waals surface area contributed by atoms with Crippen molar-refractivity contribution in [3.8, 4) is 0 Å². The van der Waals surface area contributed by atoms with E-state index in [-0.39, 0.29) is 30.8 Å². The van der Waals surface area contributed by atoms with Crippen molar-refractivity contribution in [1.29, 1.82) is 0 Å². The van der Waals surface area contributed by atoms with Gasteiger partial charge in [-0.2, -0.15) is 0 Å². The van der Waals surface area contributed by atoms with Crippen LogP contribution in [0.25, 0.3) is 0 Å². The predicted octanol–water partition coefficient (Wildman–Crippen LogP) is 0.786. The van der Waals surface area contributed by atoms with E-state index < -0.39 is 0 Å². The van der Waals surface area contributed by atoms with E-state index in [9.17, 15) is 9.59 Å². The minimum atomic E-state index is -0.220. The average Bonchev–Trinajstić information content (AvgIpc) is 2.88. The van der Waals surface area contributed by atoms with E-state index >= 15 is 0 Å². The molecule has 0 aliphatic carbocycles. The highest BCUT2D eigenvalue weighted by atomic mass is 16.6. The fraction of sp³-hybridized carbons (Fsp3) is 0.818. The standard InChI is InChI=1S/C6H10O2.C5H8O3/c1-2-5-3-4-6(7)8-5;6-3-4-1-2-5(7)8-4/h5H,2-4H2,1H3;4,6H,1-3H2. The van der Waals surface area contributed by atoms with E-state index in [0.29, 0.717) is 19.3 Å². The summed E-state index contributed by atoms with van der Waals surface area (Å²) in [6.45, 7) is 2.00. The van der Waals surface area contributed by atoms with Crippen molar-refractivity contribution in [2.24, 2.45) is 0 Å². The molecule has 0 aromatic heterocycles. The molecular weight excluding hydrogens is 212 g/mol. The first-order valence-electron chi connectivity index (χ1n) is 5.65. The average molecular weight is 230 g/mol. The van der Waals surface area contributed by atoms with E-state index in [0.717, 1.165) is 12.8 Å². The third-order valence-corrected chi connectivity index (χ3v) is 2.60. The van der Waals surface area contributed by atoms with Crippen LogP contribution in [0.1, 0.15) is 39.0 Å². The van der Waals surface area contributed by atoms with E-state index in [1.165, 1.54) is 0 Å². The van der Waals surface area contributed by atoms with Gasteiger partial charge in [-0.15, -0.1) is 0 Å². The normalized spacial score (nSPS) is 28.1. The third-order valence-electron chi connectivity index (χ3n) is 2.60. The van der Waals surface area contributed by atoms with Crippen molar-refractivity contribution in [2.75, 3.05) is 6.61 Å². The molecule has 2 saturated heterocycles. The van der Waals surface area contributed by atoms with Gasteiger partial charge in [0.25, 0.3) is 0 Å². The Bertz CT molecular complexity index is 225. The molecule has 5 heteroatoms. The zero-order valence-corrected chi connectivity index (χ0v) is 9.48. The number of hydrogen-bond acceptors (Lipinski definition) is 5. The number of aliphatic hydroxyl groups excluding tert-OH is 1. The number of ether oxygens (including phenoxy) is 2. The summed E-state index contributed by atoms with van der Waals surface area (Å²) in [6, 6.07) is 0. The highest BCUT2D eigenvalue weighted by molar-refractivity contribution is 5.71. The van der Waals surface area contributed by atoms with Crippen molar-refractivity contribution >= 4 is 11.9 Å². The molecule has 0 saturated carbocycles. The Labute approximate surface area is 94.7 Å². The fourth-order valence-corrected chi connectivity index (χ4v) is 1.58. The Morgan fingerprint density at radius 3 is 1.81 bits per heavy atom. The first-order chi connectivity index (χ1) is 7.65. The molecule has 0 radical (unpaired) electrons. The van der Waals surface area contributed by atoms with Gasteiger partial charge in [0.05, 0.1) is 6.61 Å². The van der Waals surface area contributed by atoms with Crippen LogP contribution in [-0.2, 0) is 19.1 Å². The molecule has 92 valence electrons. The molecule has 16 heavy (non-hydrogen) atoms. The number of aliphatic hydroxyl groups is 1. The van der Waals surface area contributed by atoms with Gasteiger partial charge < -0.3 is 14.6 Å². The van der Waals surface area contributed by atoms with Crippen molar-refractivity contribution in [2.45, 2.75) is 51.2 Å². The Morgan fingerprint density at radius 2 is 1.62 bits per heavy atom. The maximum atomic E-state index is 10.4. The number of carbonyl (C=O) groups is 2. The van der Waals surface area contributed by atoms with Crippen molar-refractivity contribution < 1.29 is 24.2 Å². The first-order valence-corrected chi connectivity index (χ1v) is 5.65. The fourth-order valence-electron chi connectivity index (χ4n) is 1.58. The number of carbonyl (C=O) groups excluding carboxylic acids is 2. The van der Waals surface area contributed by atoms with Gasteiger partial charge in [0.15, 0.2) is 0 Å². The SMILES string of the molecule is CCC1CCC(=O)O1.O=C1CCC(CO)O1. The highest BCUT2D eigenvalue weighted by Crippen LogP contribution is 2.15. The molecule has 1 N–H and O–H groups in total. The van der Waals surface area contributed by atoms with Crippen LogP contribution >= 0.6 is 0 Å². The third kappa shape index (κ3) is 4.18. The maximum Gasteiger partial charge on any atom is 0.306 e. The van der Waals surface area contributed by atoms with E-state index in [2.05, 4.69) is 4.74 Å². The number of esters is 2. The number of rotatable bonds is 2. The highest BCUT2D eigenvalue weighted by Gasteiger charge is 2.21. The zero-order valence-electron chi connectivity index (χ0n) is 9.48. The van der Waals surface area contributed by atoms with Crippen LogP contribution in [0, 0.1) is 0 Å². The minimum absolute atomic E-state index is 0.0307. The van der Waals surface area contributed by atoms with Crippen LogP contribution < -0.4 is 0 Å². The lowest BCUT2D eigenvalue weighted by atomic mass is 10.2. The molecule has 0 aromatic rings. The lowest BCUT2D eigenvalue weighted by molar-refractivity contribution is -0.143. The van der Waals surface area contributed by atoms with Gasteiger partial charge >= 0.3 is 11.9 Å². The molecule has 5 nitrogen and oxygen atoms in total. The molecule has 0 aromatic carbocycles. The van der Waals surface area contributed by atoms with Gasteiger partial charge in [-0.3, -0.25) is 9.59 Å². The molecular formula is C11H18O5. The maximum absolute atomic E-state index is 10.4. The topological polar surface area (TPSA) is 72.8 Å². The van der Waals surface area contributed by atoms with E-state index in [4.69, 9.17) is 9.84 Å². The molecule has 2 aliphatic rings. The second-order valence-corrected chi connectivity index (χ2v) is 3.89. The molecule has 2 heterocycles. The second-order valence-electron chi connectivity index (χ2n) is 3.89. The Kier molecular flexibility index (Phi) is 5.25. The Balaban J connectivity index is 0.000000160. The van der Waals surface area contributed by atoms with Crippen LogP contribution in [0.4, 0.5) is 0 Å². The van der Waals surface area contributed by atoms with Crippen LogP contribution in [-0.4, -0.2) is 35.9 Å². The Hall–Kier alpha value is -1.10. The number of cyclic esters (lactones) is 2. The Morgan fingerprint density at radius 1 is 1.12 bits per heavy atom. The number of hydrogen-bond donors (Lipinski definition) is 1. The summed E-state index contributed by atoms with van der Waals surface area (Å²) in [6.07, 6.45) is 3.66. The molecule has 2 rings (SSSR count). The largest absolute Gasteiger partial charge is 0.462 e. The zero-order chi connectivity index (χ0) is 12.0. The van der Waals surface area contributed by atoms with Gasteiger partial charge in [-0.05, 0) is 19.3 Å². The predicted molar refractivity (Wildman–Crippen MR) is 55.6 cm³/mol. The second kappa shape index (κ2) is 6.48. The van der Waals surface area contributed by atoms with Crippen molar-refractivity contribution in [1.82, 2.24) is 0 Å². The quantitative estimate of drug-likeness (QED) is 0.710. The molecule has 0 spiro atoms. The summed E-state index contributed by atoms with van der Waals surface area (Å²) in [7, 11) is 0. The summed E-state index contributed by atoms with van der Waals surface area (Å²) in [5, 5.41) is 8.41. The van der Waals surface area contributed by atoms with Crippen LogP contribution in [0.2, 0.25) is 0 Å². The molecule has 2 fully saturated rings. The summed E-state index contributed by atoms with van der Waals surface area (Å²) in [4.78, 5) is 20.7. The van der Waals surface area contributed by atoms with Crippen LogP contribution in [0.5, 0.6) is 0 Å². The van der Waals surface area contributed by atoms with Gasteiger partial charge in [-0.25, -0.2) is 0 Å². The summed E-state index contributed by atoms with van der Waals surface area (Å²) < 4.78 is 9.49. The monoisotopic (exact) mass is 230 g/mol. The van der Waals surface area contributed by atoms with Crippen molar-refractivity contribution in [3.63, 3.8) is 0 Å². The van der Waals surface area contributed by atoms with Gasteiger partial charge in [0.2, 0.25) is 0 Å². The summed E-state index contributed by atoms with van der Waals surface area (Å²) >= 11 is 0. The molecule has 0 amide bonds. The lowest BCUT2D eigenvalue weighted by Crippen LogP contribution is -2.10. The molecule has 0 bridgehead atoms. The lowest BCUT2D eigenvalue weighted by Gasteiger charge is -2.01. The van der Waals surface area contributed by atoms with Crippen LogP contribution in [0.3, 0.4) is 0 Å². The van der Waals surface area contributed by atoms with Gasteiger partial charge in [0, 0.05) is 12.8 Å². The van der Waals surface area contributed by atoms with E-state index in [1.807, 2.05) is 6.92 Å². The van der Waals surface area contributed by atoms with E-state index in [1.54, 1.807) is 0 Å². The molecule has 2 unspecified atom stereocenters. The first kappa shape index (κ1) is 13.0. The molecule has 2 aliphatic heterocycles. The van der Waals surface area contributed by atoms with Crippen molar-refractivity contribution in [3.05, 3.63) is 0 Å². The summed E-state index contributed by atoms with van der Waals surface area (Å²) in [5.41, 5.74) is 0. The van der Waals surface area contributed by atoms with Gasteiger partial charge in [-0.1, -0.05) is 6.92 Å².